The summed E-state index contributed by atoms with van der Waals surface area (Å²) in [5.41, 5.74) is 4.10. The topological polar surface area (TPSA) is 38.7 Å². The summed E-state index contributed by atoms with van der Waals surface area (Å²) in [5.74, 6) is 1.12. The number of nitrogens with zero attached hydrogens (tertiary/aromatic N) is 3. The Kier molecular flexibility index (Phi) is 4.82. The van der Waals surface area contributed by atoms with E-state index in [1.165, 1.54) is 16.3 Å². The van der Waals surface area contributed by atoms with Gasteiger partial charge in [0, 0.05) is 11.1 Å². The first kappa shape index (κ1) is 19.6. The van der Waals surface area contributed by atoms with Crippen molar-refractivity contribution in [1.82, 2.24) is 15.0 Å². The molecule has 4 heteroatoms. The molecular weight excluding hydrogens is 426 g/mol. The lowest BCUT2D eigenvalue weighted by Gasteiger charge is -2.10. The van der Waals surface area contributed by atoms with Crippen LogP contribution in [0.2, 0.25) is 5.28 Å². The number of halogens is 1. The van der Waals surface area contributed by atoms with Gasteiger partial charge in [0.15, 0.2) is 11.6 Å². The highest BCUT2D eigenvalue weighted by Crippen LogP contribution is 2.32. The molecule has 0 amide bonds. The van der Waals surface area contributed by atoms with Gasteiger partial charge in [-0.1, -0.05) is 103 Å². The third kappa shape index (κ3) is 3.63. The lowest BCUT2D eigenvalue weighted by atomic mass is 9.97. The second kappa shape index (κ2) is 8.12. The summed E-state index contributed by atoms with van der Waals surface area (Å²) < 4.78 is 0. The van der Waals surface area contributed by atoms with Crippen LogP contribution in [-0.4, -0.2) is 15.0 Å². The van der Waals surface area contributed by atoms with E-state index in [0.717, 1.165) is 27.5 Å². The van der Waals surface area contributed by atoms with Gasteiger partial charge in [0.25, 0.3) is 0 Å². The summed E-state index contributed by atoms with van der Waals surface area (Å²) in [4.78, 5) is 13.7. The zero-order valence-electron chi connectivity index (χ0n) is 17.6. The zero-order chi connectivity index (χ0) is 22.2. The van der Waals surface area contributed by atoms with Gasteiger partial charge in [-0.25, -0.2) is 4.98 Å². The highest BCUT2D eigenvalue weighted by atomic mass is 35.5. The van der Waals surface area contributed by atoms with Crippen LogP contribution in [0.1, 0.15) is 0 Å². The van der Waals surface area contributed by atoms with Crippen molar-refractivity contribution in [2.45, 2.75) is 0 Å². The van der Waals surface area contributed by atoms with Crippen LogP contribution in [0.3, 0.4) is 0 Å². The fourth-order valence-corrected chi connectivity index (χ4v) is 4.48. The molecule has 0 spiro atoms. The minimum atomic E-state index is 0.179. The summed E-state index contributed by atoms with van der Waals surface area (Å²) >= 11 is 6.37. The average molecular weight is 444 g/mol. The third-order valence-corrected chi connectivity index (χ3v) is 6.03. The van der Waals surface area contributed by atoms with Gasteiger partial charge in [0.1, 0.15) is 0 Å². The highest BCUT2D eigenvalue weighted by molar-refractivity contribution is 6.28. The van der Waals surface area contributed by atoms with Crippen LogP contribution in [0.15, 0.2) is 109 Å². The van der Waals surface area contributed by atoms with Crippen LogP contribution in [0.5, 0.6) is 0 Å². The first-order valence-electron chi connectivity index (χ1n) is 10.7. The Morgan fingerprint density at radius 3 is 1.76 bits per heavy atom. The van der Waals surface area contributed by atoms with Crippen molar-refractivity contribution in [3.63, 3.8) is 0 Å². The van der Waals surface area contributed by atoms with Crippen molar-refractivity contribution in [1.29, 1.82) is 0 Å². The molecule has 0 saturated heterocycles. The Bertz CT molecular complexity index is 1630. The third-order valence-electron chi connectivity index (χ3n) is 5.86. The number of benzene rings is 5. The number of rotatable bonds is 3. The molecule has 0 atom stereocenters. The molecular formula is C29H18ClN3. The molecule has 0 saturated carbocycles. The van der Waals surface area contributed by atoms with Crippen molar-refractivity contribution < 1.29 is 0 Å². The van der Waals surface area contributed by atoms with Crippen LogP contribution in [-0.2, 0) is 0 Å². The molecule has 5 aromatic carbocycles. The predicted molar refractivity (Wildman–Crippen MR) is 136 cm³/mol. The van der Waals surface area contributed by atoms with E-state index in [-0.39, 0.29) is 5.28 Å². The summed E-state index contributed by atoms with van der Waals surface area (Å²) in [5, 5.41) is 4.81. The molecule has 6 aromatic rings. The van der Waals surface area contributed by atoms with Gasteiger partial charge in [0.05, 0.1) is 0 Å². The van der Waals surface area contributed by atoms with Crippen LogP contribution in [0.4, 0.5) is 0 Å². The molecule has 3 nitrogen and oxygen atoms in total. The lowest BCUT2D eigenvalue weighted by Crippen LogP contribution is -1.98. The largest absolute Gasteiger partial charge is 0.226 e. The molecule has 6 rings (SSSR count). The normalized spacial score (nSPS) is 11.2. The smallest absolute Gasteiger partial charge is 0.208 e. The quantitative estimate of drug-likeness (QED) is 0.279. The lowest BCUT2D eigenvalue weighted by molar-refractivity contribution is 1.07. The molecule has 1 heterocycles. The first-order valence-corrected chi connectivity index (χ1v) is 11.1. The fraction of sp³-hybridized carbons (Fsp3) is 0. The van der Waals surface area contributed by atoms with Gasteiger partial charge in [-0.15, -0.1) is 0 Å². The Labute approximate surface area is 196 Å². The maximum atomic E-state index is 6.37. The van der Waals surface area contributed by atoms with Crippen LogP contribution in [0, 0.1) is 0 Å². The van der Waals surface area contributed by atoms with Crippen LogP contribution >= 0.6 is 11.6 Å². The van der Waals surface area contributed by atoms with Gasteiger partial charge >= 0.3 is 0 Å². The van der Waals surface area contributed by atoms with E-state index < -0.39 is 0 Å². The molecule has 33 heavy (non-hydrogen) atoms. The average Bonchev–Trinajstić information content (AvgIpc) is 2.88. The van der Waals surface area contributed by atoms with Crippen LogP contribution in [0.25, 0.3) is 55.4 Å². The molecule has 0 fully saturated rings. The Balaban J connectivity index is 1.49. The summed E-state index contributed by atoms with van der Waals surface area (Å²) in [6, 6.07) is 37.3. The van der Waals surface area contributed by atoms with Gasteiger partial charge < -0.3 is 0 Å². The molecule has 1 aromatic heterocycles. The predicted octanol–water partition coefficient (Wildman–Crippen LogP) is 7.83. The summed E-state index contributed by atoms with van der Waals surface area (Å²) in [7, 11) is 0. The van der Waals surface area contributed by atoms with Crippen molar-refractivity contribution in [3.8, 4) is 33.9 Å². The standard InChI is InChI=1S/C29H18ClN3/c30-29-32-27(31-28(33-29)26-17-7-11-20-9-2-4-15-24(20)26)22-13-5-12-21(18-22)25-16-6-10-19-8-1-3-14-23(19)25/h1-18H. The molecule has 0 radical (unpaired) electrons. The molecule has 0 N–H and O–H groups in total. The van der Waals surface area contributed by atoms with Crippen molar-refractivity contribution in [3.05, 3.63) is 114 Å². The molecule has 0 bridgehead atoms. The second-order valence-electron chi connectivity index (χ2n) is 7.89. The minimum Gasteiger partial charge on any atom is -0.208 e. The van der Waals surface area contributed by atoms with Crippen molar-refractivity contribution in [2.24, 2.45) is 0 Å². The summed E-state index contributed by atoms with van der Waals surface area (Å²) in [6.07, 6.45) is 0. The Morgan fingerprint density at radius 1 is 0.455 bits per heavy atom. The number of hydrogen-bond acceptors (Lipinski definition) is 3. The van der Waals surface area contributed by atoms with Gasteiger partial charge in [-0.3, -0.25) is 0 Å². The van der Waals surface area contributed by atoms with Crippen LogP contribution < -0.4 is 0 Å². The molecule has 0 aliphatic carbocycles. The van der Waals surface area contributed by atoms with E-state index in [4.69, 9.17) is 16.6 Å². The van der Waals surface area contributed by atoms with Crippen molar-refractivity contribution in [2.75, 3.05) is 0 Å². The van der Waals surface area contributed by atoms with E-state index in [2.05, 4.69) is 82.8 Å². The van der Waals surface area contributed by atoms with Crippen molar-refractivity contribution >= 4 is 33.1 Å². The minimum absolute atomic E-state index is 0.179. The fourth-order valence-electron chi connectivity index (χ4n) is 4.32. The first-order chi connectivity index (χ1) is 16.3. The van der Waals surface area contributed by atoms with E-state index in [0.29, 0.717) is 11.6 Å². The second-order valence-corrected chi connectivity index (χ2v) is 8.22. The maximum Gasteiger partial charge on any atom is 0.226 e. The molecule has 156 valence electrons. The van der Waals surface area contributed by atoms with Gasteiger partial charge in [-0.2, -0.15) is 9.97 Å². The number of fused-ring (bicyclic) bond motifs is 2. The summed E-state index contributed by atoms with van der Waals surface area (Å²) in [6.45, 7) is 0. The van der Waals surface area contributed by atoms with E-state index in [9.17, 15) is 0 Å². The van der Waals surface area contributed by atoms with Gasteiger partial charge in [-0.05, 0) is 50.3 Å². The number of hydrogen-bond donors (Lipinski definition) is 0. The highest BCUT2D eigenvalue weighted by Gasteiger charge is 2.13. The molecule has 0 unspecified atom stereocenters. The SMILES string of the molecule is Clc1nc(-c2cccc(-c3cccc4ccccc34)c2)nc(-c2cccc3ccccc23)n1. The van der Waals surface area contributed by atoms with E-state index >= 15 is 0 Å². The molecule has 0 aliphatic heterocycles. The van der Waals surface area contributed by atoms with E-state index in [1.807, 2.05) is 36.4 Å². The Morgan fingerprint density at radius 2 is 1.00 bits per heavy atom. The molecule has 0 aliphatic rings. The maximum absolute atomic E-state index is 6.37. The zero-order valence-corrected chi connectivity index (χ0v) is 18.4. The monoisotopic (exact) mass is 443 g/mol. The Hall–Kier alpha value is -4.08. The van der Waals surface area contributed by atoms with E-state index in [1.54, 1.807) is 0 Å². The van der Waals surface area contributed by atoms with Gasteiger partial charge in [0.2, 0.25) is 5.28 Å². The number of aromatic nitrogens is 3.